The van der Waals surface area contributed by atoms with Gasteiger partial charge in [-0.1, -0.05) is 54.9 Å². The lowest BCUT2D eigenvalue weighted by molar-refractivity contribution is -0.671. The molecule has 0 aromatic carbocycles. The zero-order valence-electron chi connectivity index (χ0n) is 31.6. The highest BCUT2D eigenvalue weighted by atomic mass is 16.2. The highest BCUT2D eigenvalue weighted by Crippen LogP contribution is 2.74. The third kappa shape index (κ3) is 6.81. The van der Waals surface area contributed by atoms with Crippen LogP contribution in [0.4, 0.5) is 0 Å². The predicted molar refractivity (Wildman–Crippen MR) is 187 cm³/mol. The molecule has 4 N–H and O–H groups in total. The topological polar surface area (TPSA) is 101 Å². The Morgan fingerprint density at radius 2 is 1.48 bits per heavy atom. The van der Waals surface area contributed by atoms with Gasteiger partial charge in [0.25, 0.3) is 0 Å². The molecule has 1 saturated carbocycles. The van der Waals surface area contributed by atoms with E-state index in [-0.39, 0.29) is 45.2 Å². The molecule has 262 valence electrons. The summed E-state index contributed by atoms with van der Waals surface area (Å²) in [6, 6.07) is 0.108. The van der Waals surface area contributed by atoms with Crippen molar-refractivity contribution in [3.63, 3.8) is 0 Å². The van der Waals surface area contributed by atoms with Crippen LogP contribution in [0.15, 0.2) is 18.7 Å². The standard InChI is InChI=1S/C38H69N6O2/c1-32(2,23-29(36(9,10)40)42-22-21-41(12)27-42)37(11)26-38(37,44-20-16-18-31(44)46)25-33(3,4)35(7,8)28(24-34(5,6)39)43-19-15-13-14-17-30(43)45/h21-22,27-29H,13-20,23-26,39-40H2,1-12H3/q+1. The summed E-state index contributed by atoms with van der Waals surface area (Å²) in [5, 5.41) is 0. The number of hydrogen-bond donors (Lipinski definition) is 2. The minimum absolute atomic E-state index is 0.00865. The zero-order valence-corrected chi connectivity index (χ0v) is 31.6. The molecule has 1 aromatic heterocycles. The van der Waals surface area contributed by atoms with E-state index in [4.69, 9.17) is 11.5 Å². The van der Waals surface area contributed by atoms with Gasteiger partial charge in [0.05, 0.1) is 12.6 Å². The highest BCUT2D eigenvalue weighted by Gasteiger charge is 2.75. The van der Waals surface area contributed by atoms with Gasteiger partial charge in [-0.05, 0) is 94.3 Å². The van der Waals surface area contributed by atoms with Crippen molar-refractivity contribution in [3.8, 4) is 0 Å². The first-order chi connectivity index (χ1) is 20.9. The normalized spacial score (nSPS) is 26.8. The maximum absolute atomic E-state index is 13.7. The van der Waals surface area contributed by atoms with Crippen LogP contribution in [0.3, 0.4) is 0 Å². The first-order valence-corrected chi connectivity index (χ1v) is 18.1. The molecule has 8 nitrogen and oxygen atoms in total. The van der Waals surface area contributed by atoms with Crippen LogP contribution in [-0.4, -0.2) is 61.9 Å². The Labute approximate surface area is 281 Å². The molecule has 2 amide bonds. The van der Waals surface area contributed by atoms with Gasteiger partial charge in [-0.3, -0.25) is 9.59 Å². The fourth-order valence-corrected chi connectivity index (χ4v) is 9.37. The van der Waals surface area contributed by atoms with E-state index in [1.807, 2.05) is 0 Å². The van der Waals surface area contributed by atoms with E-state index in [1.54, 1.807) is 0 Å². The van der Waals surface area contributed by atoms with Crippen LogP contribution in [0.25, 0.3) is 0 Å². The van der Waals surface area contributed by atoms with Crippen LogP contribution < -0.4 is 16.0 Å². The molecule has 0 radical (unpaired) electrons. The fraction of sp³-hybridized carbons (Fsp3) is 0.868. The van der Waals surface area contributed by atoms with Crippen molar-refractivity contribution in [2.45, 2.75) is 169 Å². The first kappa shape index (κ1) is 36.9. The average Bonchev–Trinajstić information content (AvgIpc) is 3.14. The number of nitrogens with zero attached hydrogens (tertiary/aromatic N) is 4. The second-order valence-electron chi connectivity index (χ2n) is 19.0. The zero-order chi connectivity index (χ0) is 34.7. The SMILES string of the molecule is C[n+]1ccn(C(CC(C)(C)C2(C)CC2(CC(C)(C)C(C)(C)C(CC(C)(C)N)N2CCCCCC2=O)N2CCCC2=O)C(C)(C)N)c1. The van der Waals surface area contributed by atoms with Gasteiger partial charge in [0.1, 0.15) is 18.4 Å². The Balaban J connectivity index is 1.74. The Morgan fingerprint density at radius 3 is 2.00 bits per heavy atom. The van der Waals surface area contributed by atoms with Gasteiger partial charge in [-0.2, -0.15) is 0 Å². The average molecular weight is 642 g/mol. The largest absolute Gasteiger partial charge is 0.339 e. The fourth-order valence-electron chi connectivity index (χ4n) is 9.37. The van der Waals surface area contributed by atoms with Crippen LogP contribution in [-0.2, 0) is 16.6 Å². The van der Waals surface area contributed by atoms with E-state index in [0.717, 1.165) is 64.5 Å². The van der Waals surface area contributed by atoms with Crippen molar-refractivity contribution in [3.05, 3.63) is 18.7 Å². The van der Waals surface area contributed by atoms with Gasteiger partial charge < -0.3 is 21.3 Å². The summed E-state index contributed by atoms with van der Waals surface area (Å²) in [4.78, 5) is 31.8. The van der Waals surface area contributed by atoms with Crippen LogP contribution in [0, 0.1) is 21.7 Å². The van der Waals surface area contributed by atoms with Crippen molar-refractivity contribution in [2.24, 2.45) is 40.2 Å². The molecule has 4 unspecified atom stereocenters. The van der Waals surface area contributed by atoms with E-state index in [0.29, 0.717) is 18.7 Å². The van der Waals surface area contributed by atoms with Crippen molar-refractivity contribution in [1.82, 2.24) is 14.4 Å². The maximum Gasteiger partial charge on any atom is 0.243 e. The Bertz CT molecular complexity index is 1270. The van der Waals surface area contributed by atoms with Gasteiger partial charge in [0.15, 0.2) is 0 Å². The molecule has 2 aliphatic heterocycles. The molecule has 1 aliphatic carbocycles. The van der Waals surface area contributed by atoms with Crippen LogP contribution in [0.5, 0.6) is 0 Å². The summed E-state index contributed by atoms with van der Waals surface area (Å²) in [5.74, 6) is 0.565. The van der Waals surface area contributed by atoms with E-state index >= 15 is 0 Å². The molecule has 4 rings (SSSR count). The maximum atomic E-state index is 13.7. The molecular formula is C38H69N6O2+. The summed E-state index contributed by atoms with van der Waals surface area (Å²) in [5.41, 5.74) is 11.9. The lowest BCUT2D eigenvalue weighted by Crippen LogP contribution is -2.59. The number of aromatic nitrogens is 2. The van der Waals surface area contributed by atoms with Crippen molar-refractivity contribution < 1.29 is 14.2 Å². The smallest absolute Gasteiger partial charge is 0.243 e. The number of hydrogen-bond acceptors (Lipinski definition) is 4. The number of carbonyl (C=O) groups excluding carboxylic acids is 2. The number of amides is 2. The summed E-state index contributed by atoms with van der Waals surface area (Å²) in [7, 11) is 2.05. The molecule has 8 heteroatoms. The predicted octanol–water partition coefficient (Wildman–Crippen LogP) is 6.12. The third-order valence-corrected chi connectivity index (χ3v) is 13.4. The van der Waals surface area contributed by atoms with Crippen LogP contribution in [0.2, 0.25) is 0 Å². The Hall–Kier alpha value is -1.93. The summed E-state index contributed by atoms with van der Waals surface area (Å²) >= 11 is 0. The van der Waals surface area contributed by atoms with Gasteiger partial charge in [-0.25, -0.2) is 9.13 Å². The molecule has 3 heterocycles. The number of rotatable bonds is 13. The van der Waals surface area contributed by atoms with Gasteiger partial charge >= 0.3 is 0 Å². The lowest BCUT2D eigenvalue weighted by atomic mass is 9.57. The van der Waals surface area contributed by atoms with Gasteiger partial charge in [-0.15, -0.1) is 0 Å². The molecule has 0 spiro atoms. The molecule has 3 aliphatic rings. The summed E-state index contributed by atoms with van der Waals surface area (Å²) in [6.45, 7) is 26.9. The molecule has 1 aromatic rings. The minimum Gasteiger partial charge on any atom is -0.339 e. The number of likely N-dealkylation sites (tertiary alicyclic amines) is 2. The van der Waals surface area contributed by atoms with Crippen molar-refractivity contribution >= 4 is 11.8 Å². The van der Waals surface area contributed by atoms with E-state index in [1.165, 1.54) is 0 Å². The molecule has 2 saturated heterocycles. The third-order valence-electron chi connectivity index (χ3n) is 13.4. The van der Waals surface area contributed by atoms with Crippen molar-refractivity contribution in [1.29, 1.82) is 0 Å². The second-order valence-corrected chi connectivity index (χ2v) is 19.0. The molecular weight excluding hydrogens is 572 g/mol. The molecule has 46 heavy (non-hydrogen) atoms. The highest BCUT2D eigenvalue weighted by molar-refractivity contribution is 5.80. The Kier molecular flexibility index (Phi) is 9.78. The Morgan fingerprint density at radius 1 is 0.848 bits per heavy atom. The quantitative estimate of drug-likeness (QED) is 0.254. The number of carbonyl (C=O) groups is 2. The summed E-state index contributed by atoms with van der Waals surface area (Å²) < 4.78 is 4.36. The van der Waals surface area contributed by atoms with Crippen LogP contribution in [0.1, 0.15) is 146 Å². The number of nitrogens with two attached hydrogens (primary N) is 2. The van der Waals surface area contributed by atoms with Crippen molar-refractivity contribution in [2.75, 3.05) is 13.1 Å². The molecule has 0 bridgehead atoms. The lowest BCUT2D eigenvalue weighted by Gasteiger charge is -2.55. The molecule has 4 atom stereocenters. The molecule has 3 fully saturated rings. The van der Waals surface area contributed by atoms with Gasteiger partial charge in [0, 0.05) is 43.1 Å². The number of imidazole rings is 1. The minimum atomic E-state index is -0.427. The van der Waals surface area contributed by atoms with E-state index in [9.17, 15) is 9.59 Å². The van der Waals surface area contributed by atoms with Crippen LogP contribution >= 0.6 is 0 Å². The summed E-state index contributed by atoms with van der Waals surface area (Å²) in [6.07, 6.45) is 15.1. The first-order valence-electron chi connectivity index (χ1n) is 18.1. The van der Waals surface area contributed by atoms with E-state index < -0.39 is 11.1 Å². The van der Waals surface area contributed by atoms with E-state index in [2.05, 4.69) is 121 Å². The number of aryl methyl sites for hydroxylation is 1. The van der Waals surface area contributed by atoms with Gasteiger partial charge in [0.2, 0.25) is 18.1 Å². The second kappa shape index (κ2) is 12.2. The monoisotopic (exact) mass is 642 g/mol.